The second kappa shape index (κ2) is 10.5. The van der Waals surface area contributed by atoms with E-state index in [9.17, 15) is 14.7 Å². The van der Waals surface area contributed by atoms with Gasteiger partial charge < -0.3 is 24.6 Å². The standard InChI is InChI=1S/C26H23Cl2NO6/c1-33-21-8-4-6-19(27)17(21)11-13-29-24(30)16-9-10-23(20(28)15-16)35-26(25(31)32)12-14-34-22-7-3-2-5-18(22)26/h2-10,15H,11-14H2,1H3,(H,29,30)(H,31,32). The molecule has 0 aromatic heterocycles. The Labute approximate surface area is 212 Å². The molecule has 0 saturated heterocycles. The van der Waals surface area contributed by atoms with Gasteiger partial charge >= 0.3 is 5.97 Å². The summed E-state index contributed by atoms with van der Waals surface area (Å²) in [4.78, 5) is 25.0. The molecule has 1 atom stereocenters. The van der Waals surface area contributed by atoms with Crippen molar-refractivity contribution in [3.8, 4) is 17.2 Å². The first kappa shape index (κ1) is 24.7. The van der Waals surface area contributed by atoms with Crippen LogP contribution in [0.5, 0.6) is 17.2 Å². The number of fused-ring (bicyclic) bond motifs is 1. The van der Waals surface area contributed by atoms with Crippen LogP contribution >= 0.6 is 23.2 Å². The zero-order valence-corrected chi connectivity index (χ0v) is 20.4. The van der Waals surface area contributed by atoms with E-state index in [1.807, 2.05) is 6.07 Å². The number of methoxy groups -OCH3 is 1. The lowest BCUT2D eigenvalue weighted by atomic mass is 9.87. The van der Waals surface area contributed by atoms with Gasteiger partial charge in [0.15, 0.2) is 0 Å². The first-order valence-electron chi connectivity index (χ1n) is 10.9. The van der Waals surface area contributed by atoms with Crippen molar-refractivity contribution in [2.24, 2.45) is 0 Å². The van der Waals surface area contributed by atoms with Crippen molar-refractivity contribution in [2.45, 2.75) is 18.4 Å². The van der Waals surface area contributed by atoms with Crippen LogP contribution in [0, 0.1) is 0 Å². The van der Waals surface area contributed by atoms with Crippen LogP contribution in [0.1, 0.15) is 27.9 Å². The summed E-state index contributed by atoms with van der Waals surface area (Å²) in [6.07, 6.45) is 0.579. The van der Waals surface area contributed by atoms with Crippen LogP contribution < -0.4 is 19.5 Å². The highest BCUT2D eigenvalue weighted by molar-refractivity contribution is 6.32. The highest BCUT2D eigenvalue weighted by Gasteiger charge is 2.47. The van der Waals surface area contributed by atoms with Crippen LogP contribution in [0.15, 0.2) is 60.7 Å². The van der Waals surface area contributed by atoms with E-state index in [-0.39, 0.29) is 29.7 Å². The maximum atomic E-state index is 12.7. The SMILES string of the molecule is COc1cccc(Cl)c1CCNC(=O)c1ccc(OC2(C(=O)O)CCOc3ccccc32)c(Cl)c1. The van der Waals surface area contributed by atoms with Crippen molar-refractivity contribution in [3.05, 3.63) is 87.4 Å². The van der Waals surface area contributed by atoms with Crippen molar-refractivity contribution in [2.75, 3.05) is 20.3 Å². The molecule has 0 aliphatic carbocycles. The number of para-hydroxylation sites is 1. The number of rotatable bonds is 8. The number of carbonyl (C=O) groups is 2. The Kier molecular flexibility index (Phi) is 7.38. The van der Waals surface area contributed by atoms with Crippen LogP contribution in [-0.2, 0) is 16.8 Å². The number of benzene rings is 3. The summed E-state index contributed by atoms with van der Waals surface area (Å²) < 4.78 is 16.9. The molecule has 1 aliphatic heterocycles. The van der Waals surface area contributed by atoms with Crippen LogP contribution in [0.25, 0.3) is 0 Å². The van der Waals surface area contributed by atoms with Crippen LogP contribution in [0.3, 0.4) is 0 Å². The minimum absolute atomic E-state index is 0.101. The number of halogens is 2. The number of hydrogen-bond acceptors (Lipinski definition) is 5. The smallest absolute Gasteiger partial charge is 0.353 e. The van der Waals surface area contributed by atoms with E-state index in [0.29, 0.717) is 40.6 Å². The maximum absolute atomic E-state index is 12.7. The molecule has 1 heterocycles. The molecule has 0 radical (unpaired) electrons. The van der Waals surface area contributed by atoms with Gasteiger partial charge in [0.25, 0.3) is 5.91 Å². The largest absolute Gasteiger partial charge is 0.496 e. The molecule has 2 N–H and O–H groups in total. The van der Waals surface area contributed by atoms with Gasteiger partial charge in [0.05, 0.1) is 18.7 Å². The molecule has 1 unspecified atom stereocenters. The second-order valence-corrected chi connectivity index (χ2v) is 8.72. The molecule has 3 aromatic carbocycles. The van der Waals surface area contributed by atoms with Crippen molar-refractivity contribution in [1.82, 2.24) is 5.32 Å². The number of amides is 1. The molecular weight excluding hydrogens is 493 g/mol. The lowest BCUT2D eigenvalue weighted by molar-refractivity contribution is -0.159. The Balaban J connectivity index is 1.48. The number of ether oxygens (including phenoxy) is 3. The molecule has 35 heavy (non-hydrogen) atoms. The average Bonchev–Trinajstić information content (AvgIpc) is 2.86. The van der Waals surface area contributed by atoms with Crippen LogP contribution in [0.4, 0.5) is 0 Å². The molecule has 0 saturated carbocycles. The number of carbonyl (C=O) groups excluding carboxylic acids is 1. The monoisotopic (exact) mass is 515 g/mol. The Morgan fingerprint density at radius 3 is 2.60 bits per heavy atom. The molecule has 3 aromatic rings. The summed E-state index contributed by atoms with van der Waals surface area (Å²) >= 11 is 12.7. The van der Waals surface area contributed by atoms with Gasteiger partial charge in [0.1, 0.15) is 17.2 Å². The quantitative estimate of drug-likeness (QED) is 0.432. The van der Waals surface area contributed by atoms with E-state index in [1.165, 1.54) is 18.2 Å². The first-order valence-corrected chi connectivity index (χ1v) is 11.6. The summed E-state index contributed by atoms with van der Waals surface area (Å²) in [5.41, 5.74) is -0.137. The Morgan fingerprint density at radius 2 is 1.86 bits per heavy atom. The normalized spacial score (nSPS) is 16.5. The maximum Gasteiger partial charge on any atom is 0.353 e. The highest BCUT2D eigenvalue weighted by atomic mass is 35.5. The van der Waals surface area contributed by atoms with E-state index in [1.54, 1.807) is 43.5 Å². The third kappa shape index (κ3) is 5.01. The van der Waals surface area contributed by atoms with Crippen molar-refractivity contribution >= 4 is 35.1 Å². The van der Waals surface area contributed by atoms with Crippen LogP contribution in [-0.4, -0.2) is 37.2 Å². The Hall–Kier alpha value is -3.42. The van der Waals surface area contributed by atoms with Crippen molar-refractivity contribution < 1.29 is 28.9 Å². The highest BCUT2D eigenvalue weighted by Crippen LogP contribution is 2.42. The Bertz CT molecular complexity index is 1260. The zero-order valence-electron chi connectivity index (χ0n) is 18.8. The lowest BCUT2D eigenvalue weighted by Crippen LogP contribution is -2.45. The van der Waals surface area contributed by atoms with Crippen molar-refractivity contribution in [1.29, 1.82) is 0 Å². The predicted molar refractivity (Wildman–Crippen MR) is 132 cm³/mol. The number of aliphatic carboxylic acids is 1. The molecule has 1 aliphatic rings. The number of carboxylic acid groups (broad SMARTS) is 1. The number of nitrogens with one attached hydrogen (secondary N) is 1. The fourth-order valence-electron chi connectivity index (χ4n) is 4.03. The van der Waals surface area contributed by atoms with E-state index >= 15 is 0 Å². The molecule has 1 amide bonds. The summed E-state index contributed by atoms with van der Waals surface area (Å²) in [6, 6.07) is 16.7. The molecule has 0 spiro atoms. The molecular formula is C26H23Cl2NO6. The fraction of sp³-hybridized carbons (Fsp3) is 0.231. The van der Waals surface area contributed by atoms with E-state index in [0.717, 1.165) is 5.56 Å². The summed E-state index contributed by atoms with van der Waals surface area (Å²) in [5, 5.41) is 13.6. The summed E-state index contributed by atoms with van der Waals surface area (Å²) in [7, 11) is 1.56. The lowest BCUT2D eigenvalue weighted by Gasteiger charge is -2.35. The van der Waals surface area contributed by atoms with Gasteiger partial charge in [-0.2, -0.15) is 0 Å². The van der Waals surface area contributed by atoms with E-state index in [4.69, 9.17) is 37.4 Å². The zero-order chi connectivity index (χ0) is 25.0. The molecule has 0 fully saturated rings. The van der Waals surface area contributed by atoms with Gasteiger partial charge in [-0.05, 0) is 42.8 Å². The van der Waals surface area contributed by atoms with Crippen LogP contribution in [0.2, 0.25) is 10.0 Å². The first-order chi connectivity index (χ1) is 16.9. The predicted octanol–water partition coefficient (Wildman–Crippen LogP) is 5.12. The third-order valence-corrected chi connectivity index (χ3v) is 6.46. The van der Waals surface area contributed by atoms with Gasteiger partial charge in [-0.1, -0.05) is 47.5 Å². The van der Waals surface area contributed by atoms with Gasteiger partial charge in [0, 0.05) is 34.7 Å². The van der Waals surface area contributed by atoms with Crippen molar-refractivity contribution in [3.63, 3.8) is 0 Å². The Morgan fingerprint density at radius 1 is 1.06 bits per heavy atom. The second-order valence-electron chi connectivity index (χ2n) is 7.90. The minimum atomic E-state index is -1.66. The summed E-state index contributed by atoms with van der Waals surface area (Å²) in [6.45, 7) is 0.505. The molecule has 0 bridgehead atoms. The molecule has 4 rings (SSSR count). The van der Waals surface area contributed by atoms with E-state index < -0.39 is 11.6 Å². The topological polar surface area (TPSA) is 94.1 Å². The molecule has 182 valence electrons. The van der Waals surface area contributed by atoms with Gasteiger partial charge in [0.2, 0.25) is 5.60 Å². The van der Waals surface area contributed by atoms with Gasteiger partial charge in [-0.3, -0.25) is 4.79 Å². The number of hydrogen-bond donors (Lipinski definition) is 2. The minimum Gasteiger partial charge on any atom is -0.496 e. The van der Waals surface area contributed by atoms with Gasteiger partial charge in [-0.15, -0.1) is 0 Å². The fourth-order valence-corrected chi connectivity index (χ4v) is 4.51. The molecule has 9 heteroatoms. The molecule has 7 nitrogen and oxygen atoms in total. The van der Waals surface area contributed by atoms with E-state index in [2.05, 4.69) is 5.32 Å². The third-order valence-electron chi connectivity index (χ3n) is 5.81. The average molecular weight is 516 g/mol. The summed E-state index contributed by atoms with van der Waals surface area (Å²) in [5.74, 6) is -0.236. The number of carboxylic acids is 1. The van der Waals surface area contributed by atoms with Gasteiger partial charge in [-0.25, -0.2) is 4.79 Å².